The van der Waals surface area contributed by atoms with E-state index in [0.29, 0.717) is 6.61 Å². The van der Waals surface area contributed by atoms with Gasteiger partial charge in [-0.25, -0.2) is 4.79 Å². The SMILES string of the molecule is O=C(NC1CCC(CN2CCOCC2)CC1)OCc1ccccc1. The Morgan fingerprint density at radius 2 is 1.83 bits per heavy atom. The maximum absolute atomic E-state index is 11.9. The van der Waals surface area contributed by atoms with Crippen molar-refractivity contribution in [3.63, 3.8) is 0 Å². The summed E-state index contributed by atoms with van der Waals surface area (Å²) in [6.07, 6.45) is 4.17. The Morgan fingerprint density at radius 3 is 2.54 bits per heavy atom. The van der Waals surface area contributed by atoms with Crippen LogP contribution in [0.25, 0.3) is 0 Å². The molecule has 1 aromatic rings. The van der Waals surface area contributed by atoms with Crippen molar-refractivity contribution < 1.29 is 14.3 Å². The van der Waals surface area contributed by atoms with Gasteiger partial charge in [-0.15, -0.1) is 0 Å². The topological polar surface area (TPSA) is 50.8 Å². The smallest absolute Gasteiger partial charge is 0.407 e. The van der Waals surface area contributed by atoms with Gasteiger partial charge in [0.1, 0.15) is 6.61 Å². The fraction of sp³-hybridized carbons (Fsp3) is 0.632. The van der Waals surface area contributed by atoms with Crippen LogP contribution in [0.1, 0.15) is 31.2 Å². The minimum Gasteiger partial charge on any atom is -0.445 e. The molecule has 5 nitrogen and oxygen atoms in total. The molecule has 1 saturated heterocycles. The molecule has 0 bridgehead atoms. The van der Waals surface area contributed by atoms with E-state index in [1.54, 1.807) is 0 Å². The Morgan fingerprint density at radius 1 is 1.12 bits per heavy atom. The number of morpholine rings is 1. The highest BCUT2D eigenvalue weighted by Gasteiger charge is 2.25. The number of hydrogen-bond acceptors (Lipinski definition) is 4. The summed E-state index contributed by atoms with van der Waals surface area (Å²) in [6.45, 7) is 5.36. The molecule has 2 aliphatic rings. The second-order valence-corrected chi connectivity index (χ2v) is 6.84. The van der Waals surface area contributed by atoms with Gasteiger partial charge in [-0.3, -0.25) is 4.90 Å². The van der Waals surface area contributed by atoms with Crippen molar-refractivity contribution in [3.05, 3.63) is 35.9 Å². The number of ether oxygens (including phenoxy) is 2. The molecule has 5 heteroatoms. The molecule has 1 amide bonds. The maximum atomic E-state index is 11.9. The molecule has 132 valence electrons. The molecule has 24 heavy (non-hydrogen) atoms. The summed E-state index contributed by atoms with van der Waals surface area (Å²) >= 11 is 0. The fourth-order valence-electron chi connectivity index (χ4n) is 3.57. The van der Waals surface area contributed by atoms with Gasteiger partial charge in [0.2, 0.25) is 0 Å². The number of amides is 1. The number of rotatable bonds is 5. The van der Waals surface area contributed by atoms with Gasteiger partial charge in [0.15, 0.2) is 0 Å². The first kappa shape index (κ1) is 17.2. The molecule has 1 heterocycles. The van der Waals surface area contributed by atoms with Gasteiger partial charge in [-0.1, -0.05) is 30.3 Å². The van der Waals surface area contributed by atoms with E-state index in [4.69, 9.17) is 9.47 Å². The van der Waals surface area contributed by atoms with E-state index in [-0.39, 0.29) is 12.1 Å². The molecule has 0 spiro atoms. The number of carbonyl (C=O) groups excluding carboxylic acids is 1. The van der Waals surface area contributed by atoms with Gasteiger partial charge >= 0.3 is 6.09 Å². The third-order valence-corrected chi connectivity index (χ3v) is 5.00. The molecule has 1 N–H and O–H groups in total. The average Bonchev–Trinajstić information content (AvgIpc) is 2.63. The van der Waals surface area contributed by atoms with Crippen molar-refractivity contribution in [2.24, 2.45) is 5.92 Å². The Bertz CT molecular complexity index is 495. The highest BCUT2D eigenvalue weighted by molar-refractivity contribution is 5.67. The second-order valence-electron chi connectivity index (χ2n) is 6.84. The van der Waals surface area contributed by atoms with Crippen LogP contribution in [0.2, 0.25) is 0 Å². The molecule has 1 aromatic carbocycles. The molecule has 1 aliphatic carbocycles. The fourth-order valence-corrected chi connectivity index (χ4v) is 3.57. The summed E-state index contributed by atoms with van der Waals surface area (Å²) in [4.78, 5) is 14.4. The number of nitrogens with one attached hydrogen (secondary N) is 1. The lowest BCUT2D eigenvalue weighted by Crippen LogP contribution is -2.42. The van der Waals surface area contributed by atoms with E-state index in [1.165, 1.54) is 19.4 Å². The summed E-state index contributed by atoms with van der Waals surface area (Å²) in [5, 5.41) is 3.02. The molecule has 0 unspecified atom stereocenters. The first-order valence-corrected chi connectivity index (χ1v) is 9.07. The molecule has 2 fully saturated rings. The van der Waals surface area contributed by atoms with Gasteiger partial charge < -0.3 is 14.8 Å². The molecule has 0 aromatic heterocycles. The van der Waals surface area contributed by atoms with Gasteiger partial charge in [0.05, 0.1) is 13.2 Å². The van der Waals surface area contributed by atoms with E-state index < -0.39 is 0 Å². The van der Waals surface area contributed by atoms with Gasteiger partial charge in [0.25, 0.3) is 0 Å². The largest absolute Gasteiger partial charge is 0.445 e. The molecule has 0 atom stereocenters. The lowest BCUT2D eigenvalue weighted by Gasteiger charge is -2.34. The predicted octanol–water partition coefficient (Wildman–Crippen LogP) is 2.80. The van der Waals surface area contributed by atoms with Crippen molar-refractivity contribution in [2.45, 2.75) is 38.3 Å². The van der Waals surface area contributed by atoms with E-state index in [1.807, 2.05) is 30.3 Å². The van der Waals surface area contributed by atoms with Crippen LogP contribution < -0.4 is 5.32 Å². The number of hydrogen-bond donors (Lipinski definition) is 1. The highest BCUT2D eigenvalue weighted by Crippen LogP contribution is 2.25. The van der Waals surface area contributed by atoms with Crippen LogP contribution in [0.3, 0.4) is 0 Å². The molecule has 1 saturated carbocycles. The zero-order valence-electron chi connectivity index (χ0n) is 14.3. The van der Waals surface area contributed by atoms with Gasteiger partial charge in [0, 0.05) is 25.7 Å². The zero-order valence-corrected chi connectivity index (χ0v) is 14.3. The normalized spacial score (nSPS) is 25.2. The Balaban J connectivity index is 1.32. The molecular weight excluding hydrogens is 304 g/mol. The van der Waals surface area contributed by atoms with Crippen molar-refractivity contribution in [1.29, 1.82) is 0 Å². The maximum Gasteiger partial charge on any atom is 0.407 e. The van der Waals surface area contributed by atoms with Gasteiger partial charge in [-0.05, 0) is 37.2 Å². The Hall–Kier alpha value is -1.59. The monoisotopic (exact) mass is 332 g/mol. The number of alkyl carbamates (subject to hydrolysis) is 1. The van der Waals surface area contributed by atoms with Crippen LogP contribution in [-0.4, -0.2) is 49.9 Å². The zero-order chi connectivity index (χ0) is 16.6. The van der Waals surface area contributed by atoms with Crippen molar-refractivity contribution >= 4 is 6.09 Å². The Kier molecular flexibility index (Phi) is 6.49. The number of carbonyl (C=O) groups is 1. The third-order valence-electron chi connectivity index (χ3n) is 5.00. The minimum absolute atomic E-state index is 0.259. The van der Waals surface area contributed by atoms with Crippen LogP contribution in [-0.2, 0) is 16.1 Å². The third kappa shape index (κ3) is 5.49. The van der Waals surface area contributed by atoms with Crippen LogP contribution >= 0.6 is 0 Å². The molecule has 1 aliphatic heterocycles. The highest BCUT2D eigenvalue weighted by atomic mass is 16.5. The van der Waals surface area contributed by atoms with E-state index >= 15 is 0 Å². The summed E-state index contributed by atoms with van der Waals surface area (Å²) in [7, 11) is 0. The van der Waals surface area contributed by atoms with Crippen molar-refractivity contribution in [2.75, 3.05) is 32.8 Å². The van der Waals surface area contributed by atoms with Gasteiger partial charge in [-0.2, -0.15) is 0 Å². The Labute approximate surface area is 144 Å². The summed E-state index contributed by atoms with van der Waals surface area (Å²) < 4.78 is 10.7. The van der Waals surface area contributed by atoms with Crippen molar-refractivity contribution in [3.8, 4) is 0 Å². The quantitative estimate of drug-likeness (QED) is 0.901. The lowest BCUT2D eigenvalue weighted by atomic mass is 9.85. The van der Waals surface area contributed by atoms with Crippen LogP contribution in [0.4, 0.5) is 4.79 Å². The summed E-state index contributed by atoms with van der Waals surface area (Å²) in [5.41, 5.74) is 1.02. The van der Waals surface area contributed by atoms with Crippen LogP contribution in [0, 0.1) is 5.92 Å². The summed E-state index contributed by atoms with van der Waals surface area (Å²) in [5.74, 6) is 0.751. The molecular formula is C19H28N2O3. The minimum atomic E-state index is -0.296. The first-order valence-electron chi connectivity index (χ1n) is 9.07. The molecule has 0 radical (unpaired) electrons. The van der Waals surface area contributed by atoms with Crippen LogP contribution in [0.5, 0.6) is 0 Å². The van der Waals surface area contributed by atoms with Crippen LogP contribution in [0.15, 0.2) is 30.3 Å². The average molecular weight is 332 g/mol. The number of benzene rings is 1. The standard InChI is InChI=1S/C19H28N2O3/c22-19(24-15-17-4-2-1-3-5-17)20-18-8-6-16(7-9-18)14-21-10-12-23-13-11-21/h1-5,16,18H,6-15H2,(H,20,22). The summed E-state index contributed by atoms with van der Waals surface area (Å²) in [6, 6.07) is 10.0. The molecule has 3 rings (SSSR count). The predicted molar refractivity (Wildman–Crippen MR) is 92.8 cm³/mol. The van der Waals surface area contributed by atoms with E-state index in [0.717, 1.165) is 50.6 Å². The van der Waals surface area contributed by atoms with E-state index in [9.17, 15) is 4.79 Å². The second kappa shape index (κ2) is 9.04. The number of nitrogens with zero attached hydrogens (tertiary/aromatic N) is 1. The lowest BCUT2D eigenvalue weighted by molar-refractivity contribution is 0.0269. The first-order chi connectivity index (χ1) is 11.8. The van der Waals surface area contributed by atoms with Crippen molar-refractivity contribution in [1.82, 2.24) is 10.2 Å². The van der Waals surface area contributed by atoms with E-state index in [2.05, 4.69) is 10.2 Å².